The predicted molar refractivity (Wildman–Crippen MR) is 114 cm³/mol. The van der Waals surface area contributed by atoms with E-state index < -0.39 is 21.5 Å². The molecule has 0 bridgehead atoms. The molecule has 0 aliphatic heterocycles. The lowest BCUT2D eigenvalue weighted by Crippen LogP contribution is -2.51. The second-order valence-corrected chi connectivity index (χ2v) is 9.91. The Morgan fingerprint density at radius 3 is 2.14 bits per heavy atom. The maximum Gasteiger partial charge on any atom is 0.303 e. The molecule has 3 rings (SSSR count). The molecule has 29 heavy (non-hydrogen) atoms. The second-order valence-electron chi connectivity index (χ2n) is 7.79. The first kappa shape index (κ1) is 21.8. The molecule has 0 saturated heterocycles. The minimum absolute atomic E-state index is 0.101. The van der Waals surface area contributed by atoms with Crippen molar-refractivity contribution in [1.82, 2.24) is 4.72 Å². The van der Waals surface area contributed by atoms with Gasteiger partial charge in [0.1, 0.15) is 0 Å². The molecule has 1 aliphatic carbocycles. The summed E-state index contributed by atoms with van der Waals surface area (Å²) in [7, 11) is -3.66. The molecular formula is C22H26ClNO4S. The highest BCUT2D eigenvalue weighted by molar-refractivity contribution is 7.89. The van der Waals surface area contributed by atoms with Crippen LogP contribution in [0.15, 0.2) is 53.4 Å². The van der Waals surface area contributed by atoms with E-state index in [1.165, 1.54) is 12.1 Å². The van der Waals surface area contributed by atoms with Gasteiger partial charge in [-0.1, -0.05) is 55.1 Å². The summed E-state index contributed by atoms with van der Waals surface area (Å²) in [5.74, 6) is -0.813. The van der Waals surface area contributed by atoms with Gasteiger partial charge in [0.15, 0.2) is 0 Å². The number of hydrogen-bond acceptors (Lipinski definition) is 3. The van der Waals surface area contributed by atoms with Gasteiger partial charge in [0.05, 0.1) is 4.90 Å². The highest BCUT2D eigenvalue weighted by atomic mass is 35.5. The Hall–Kier alpha value is -1.89. The van der Waals surface area contributed by atoms with Crippen LogP contribution in [-0.2, 0) is 27.7 Å². The minimum Gasteiger partial charge on any atom is -0.481 e. The third-order valence-electron chi connectivity index (χ3n) is 5.48. The quantitative estimate of drug-likeness (QED) is 0.635. The van der Waals surface area contributed by atoms with Gasteiger partial charge in [-0.3, -0.25) is 4.79 Å². The monoisotopic (exact) mass is 435 g/mol. The van der Waals surface area contributed by atoms with E-state index in [2.05, 4.69) is 4.72 Å². The van der Waals surface area contributed by atoms with E-state index in [-0.39, 0.29) is 11.3 Å². The SMILES string of the molecule is O=C(O)CCc1ccc(CC2(NS(=O)(=O)c3ccc(Cl)cc3)CCCCC2)cc1. The van der Waals surface area contributed by atoms with Gasteiger partial charge in [-0.15, -0.1) is 0 Å². The summed E-state index contributed by atoms with van der Waals surface area (Å²) < 4.78 is 29.0. The molecule has 0 amide bonds. The van der Waals surface area contributed by atoms with Crippen LogP contribution in [0.5, 0.6) is 0 Å². The van der Waals surface area contributed by atoms with Gasteiger partial charge in [-0.2, -0.15) is 0 Å². The minimum atomic E-state index is -3.66. The molecule has 0 atom stereocenters. The maximum atomic E-state index is 13.0. The van der Waals surface area contributed by atoms with Crippen LogP contribution in [0.2, 0.25) is 5.02 Å². The molecule has 0 unspecified atom stereocenters. The highest BCUT2D eigenvalue weighted by Crippen LogP contribution is 2.33. The first-order valence-corrected chi connectivity index (χ1v) is 11.7. The van der Waals surface area contributed by atoms with Crippen molar-refractivity contribution < 1.29 is 18.3 Å². The third-order valence-corrected chi connectivity index (χ3v) is 7.32. The van der Waals surface area contributed by atoms with E-state index in [0.717, 1.165) is 43.2 Å². The number of nitrogens with one attached hydrogen (secondary N) is 1. The zero-order valence-corrected chi connectivity index (χ0v) is 17.8. The Morgan fingerprint density at radius 2 is 1.55 bits per heavy atom. The topological polar surface area (TPSA) is 83.5 Å². The van der Waals surface area contributed by atoms with Crippen molar-refractivity contribution >= 4 is 27.6 Å². The number of aryl methyl sites for hydroxylation is 1. The third kappa shape index (κ3) is 6.04. The van der Waals surface area contributed by atoms with Gasteiger partial charge in [0, 0.05) is 17.0 Å². The van der Waals surface area contributed by atoms with Gasteiger partial charge in [0.2, 0.25) is 10.0 Å². The number of sulfonamides is 1. The lowest BCUT2D eigenvalue weighted by molar-refractivity contribution is -0.136. The van der Waals surface area contributed by atoms with Crippen LogP contribution >= 0.6 is 11.6 Å². The van der Waals surface area contributed by atoms with E-state index in [9.17, 15) is 13.2 Å². The number of aliphatic carboxylic acids is 1. The van der Waals surface area contributed by atoms with Crippen LogP contribution in [0.4, 0.5) is 0 Å². The van der Waals surface area contributed by atoms with Crippen LogP contribution < -0.4 is 4.72 Å². The number of benzene rings is 2. The van der Waals surface area contributed by atoms with Crippen molar-refractivity contribution in [3.05, 3.63) is 64.7 Å². The summed E-state index contributed by atoms with van der Waals surface area (Å²) >= 11 is 5.89. The van der Waals surface area contributed by atoms with Crippen LogP contribution in [-0.4, -0.2) is 25.0 Å². The van der Waals surface area contributed by atoms with Crippen molar-refractivity contribution in [1.29, 1.82) is 0 Å². The number of rotatable bonds is 8. The largest absolute Gasteiger partial charge is 0.481 e. The second kappa shape index (κ2) is 9.28. The summed E-state index contributed by atoms with van der Waals surface area (Å²) in [5.41, 5.74) is 1.50. The lowest BCUT2D eigenvalue weighted by atomic mass is 9.78. The molecule has 0 heterocycles. The van der Waals surface area contributed by atoms with Crippen molar-refractivity contribution in [3.63, 3.8) is 0 Å². The Morgan fingerprint density at radius 1 is 0.966 bits per heavy atom. The van der Waals surface area contributed by atoms with Crippen molar-refractivity contribution in [3.8, 4) is 0 Å². The molecule has 0 radical (unpaired) electrons. The molecule has 0 aromatic heterocycles. The average Bonchev–Trinajstić information content (AvgIpc) is 2.68. The molecule has 5 nitrogen and oxygen atoms in total. The van der Waals surface area contributed by atoms with E-state index in [1.807, 2.05) is 24.3 Å². The summed E-state index contributed by atoms with van der Waals surface area (Å²) in [4.78, 5) is 11.0. The summed E-state index contributed by atoms with van der Waals surface area (Å²) in [6.45, 7) is 0. The highest BCUT2D eigenvalue weighted by Gasteiger charge is 2.36. The Labute approximate surface area is 177 Å². The zero-order valence-electron chi connectivity index (χ0n) is 16.2. The molecule has 2 aromatic rings. The number of carbonyl (C=O) groups is 1. The van der Waals surface area contributed by atoms with Crippen LogP contribution in [0.25, 0.3) is 0 Å². The molecule has 2 aromatic carbocycles. The standard InChI is InChI=1S/C22H26ClNO4S/c23-19-9-11-20(12-10-19)29(27,28)24-22(14-2-1-3-15-22)16-18-6-4-17(5-7-18)8-13-21(25)26/h4-7,9-12,24H,1-3,8,13-16H2,(H,25,26). The van der Waals surface area contributed by atoms with E-state index in [4.69, 9.17) is 16.7 Å². The fourth-order valence-electron chi connectivity index (χ4n) is 3.97. The predicted octanol–water partition coefficient (Wildman–Crippen LogP) is 4.58. The fourth-order valence-corrected chi connectivity index (χ4v) is 5.55. The smallest absolute Gasteiger partial charge is 0.303 e. The van der Waals surface area contributed by atoms with Crippen LogP contribution in [0.1, 0.15) is 49.7 Å². The molecule has 1 fully saturated rings. The summed E-state index contributed by atoms with van der Waals surface area (Å²) in [6.07, 6.45) is 5.87. The van der Waals surface area contributed by atoms with Gasteiger partial charge < -0.3 is 5.11 Å². The first-order valence-electron chi connectivity index (χ1n) is 9.87. The average molecular weight is 436 g/mol. The number of hydrogen-bond donors (Lipinski definition) is 2. The Balaban J connectivity index is 1.78. The van der Waals surface area contributed by atoms with Crippen molar-refractivity contribution in [2.45, 2.75) is 61.8 Å². The normalized spacial score (nSPS) is 16.4. The lowest BCUT2D eigenvalue weighted by Gasteiger charge is -2.38. The molecule has 2 N–H and O–H groups in total. The zero-order chi connectivity index (χ0) is 20.9. The van der Waals surface area contributed by atoms with Crippen LogP contribution in [0, 0.1) is 0 Å². The van der Waals surface area contributed by atoms with Crippen LogP contribution in [0.3, 0.4) is 0 Å². The first-order chi connectivity index (χ1) is 13.8. The number of carboxylic acid groups (broad SMARTS) is 1. The van der Waals surface area contributed by atoms with Gasteiger partial charge >= 0.3 is 5.97 Å². The molecule has 0 spiro atoms. The number of carboxylic acids is 1. The number of halogens is 1. The van der Waals surface area contributed by atoms with Crippen molar-refractivity contribution in [2.24, 2.45) is 0 Å². The summed E-state index contributed by atoms with van der Waals surface area (Å²) in [6, 6.07) is 14.0. The van der Waals surface area contributed by atoms with E-state index in [0.29, 0.717) is 17.9 Å². The molecular weight excluding hydrogens is 410 g/mol. The Bertz CT molecular complexity index is 934. The Kier molecular flexibility index (Phi) is 6.98. The molecule has 1 aliphatic rings. The summed E-state index contributed by atoms with van der Waals surface area (Å²) in [5, 5.41) is 9.32. The van der Waals surface area contributed by atoms with Gasteiger partial charge in [-0.05, 0) is 61.1 Å². The molecule has 1 saturated carbocycles. The van der Waals surface area contributed by atoms with Gasteiger partial charge in [0.25, 0.3) is 0 Å². The van der Waals surface area contributed by atoms with Crippen molar-refractivity contribution in [2.75, 3.05) is 0 Å². The van der Waals surface area contributed by atoms with Gasteiger partial charge in [-0.25, -0.2) is 13.1 Å². The maximum absolute atomic E-state index is 13.0. The molecule has 7 heteroatoms. The fraction of sp³-hybridized carbons (Fsp3) is 0.409. The molecule has 156 valence electrons. The van der Waals surface area contributed by atoms with E-state index in [1.54, 1.807) is 12.1 Å². The van der Waals surface area contributed by atoms with E-state index >= 15 is 0 Å².